The van der Waals surface area contributed by atoms with Crippen molar-refractivity contribution in [1.29, 1.82) is 0 Å². The summed E-state index contributed by atoms with van der Waals surface area (Å²) < 4.78 is 1.57. The number of rotatable bonds is 0. The van der Waals surface area contributed by atoms with Crippen molar-refractivity contribution >= 4 is 6.08 Å². The number of aryl methyl sites for hydroxylation is 2. The molecule has 0 aromatic heterocycles. The second-order valence-corrected chi connectivity index (χ2v) is 5.06. The average Bonchev–Trinajstić information content (AvgIpc) is 2.30. The Morgan fingerprint density at radius 3 is 2.58 bits per heavy atom. The molecule has 2 rings (SSSR count). The zero-order valence-electron chi connectivity index (χ0n) is 7.44. The molecule has 0 amide bonds. The van der Waals surface area contributed by atoms with E-state index < -0.39 is 0 Å². The van der Waals surface area contributed by atoms with Crippen LogP contribution in [0.4, 0.5) is 0 Å². The van der Waals surface area contributed by atoms with Crippen molar-refractivity contribution in [1.82, 2.24) is 0 Å². The average molecular weight is 234 g/mol. The first-order valence-electron chi connectivity index (χ1n) is 4.19. The van der Waals surface area contributed by atoms with Gasteiger partial charge in [-0.15, -0.1) is 0 Å². The third-order valence-corrected chi connectivity index (χ3v) is 3.26. The summed E-state index contributed by atoms with van der Waals surface area (Å²) in [5.41, 5.74) is 5.80. The Bertz CT molecular complexity index is 362. The van der Waals surface area contributed by atoms with Crippen molar-refractivity contribution in [2.24, 2.45) is 0 Å². The van der Waals surface area contributed by atoms with Gasteiger partial charge >= 0.3 is 88.7 Å². The summed E-state index contributed by atoms with van der Waals surface area (Å²) in [5.74, 6) is 0. The van der Waals surface area contributed by atoms with E-state index in [0.29, 0.717) is 0 Å². The molecule has 59 valence electrons. The van der Waals surface area contributed by atoms with Crippen LogP contribution in [0.2, 0.25) is 0 Å². The first kappa shape index (κ1) is 8.44. The zero-order chi connectivity index (χ0) is 8.72. The van der Waals surface area contributed by atoms with Gasteiger partial charge in [0, 0.05) is 0 Å². The van der Waals surface area contributed by atoms with Crippen LogP contribution in [0.3, 0.4) is 0 Å². The molecule has 0 heterocycles. The molecule has 1 aliphatic rings. The van der Waals surface area contributed by atoms with Crippen LogP contribution < -0.4 is 0 Å². The molecular formula is C11H11Zr. The monoisotopic (exact) mass is 233 g/mol. The topological polar surface area (TPSA) is 0 Å². The van der Waals surface area contributed by atoms with Crippen LogP contribution in [-0.2, 0) is 31.1 Å². The second kappa shape index (κ2) is 2.96. The van der Waals surface area contributed by atoms with Crippen LogP contribution >= 0.6 is 0 Å². The van der Waals surface area contributed by atoms with Gasteiger partial charge in [-0.2, -0.15) is 0 Å². The normalized spacial score (nSPS) is 14.2. The van der Waals surface area contributed by atoms with E-state index in [-0.39, 0.29) is 0 Å². The van der Waals surface area contributed by atoms with Crippen LogP contribution in [0, 0.1) is 13.8 Å². The molecular weight excluding hydrogens is 223 g/mol. The fourth-order valence-corrected chi connectivity index (χ4v) is 2.48. The molecule has 12 heavy (non-hydrogen) atoms. The van der Waals surface area contributed by atoms with Gasteiger partial charge in [-0.3, -0.25) is 0 Å². The van der Waals surface area contributed by atoms with Gasteiger partial charge in [0.25, 0.3) is 0 Å². The van der Waals surface area contributed by atoms with Crippen LogP contribution in [0.25, 0.3) is 6.08 Å². The molecule has 0 bridgehead atoms. The molecule has 1 aromatic rings. The summed E-state index contributed by atoms with van der Waals surface area (Å²) in [6, 6.07) is 4.64. The predicted octanol–water partition coefficient (Wildman–Crippen LogP) is 2.75. The van der Waals surface area contributed by atoms with Gasteiger partial charge in [0.15, 0.2) is 0 Å². The first-order chi connectivity index (χ1) is 5.66. The van der Waals surface area contributed by atoms with Crippen LogP contribution in [0.15, 0.2) is 15.4 Å². The van der Waals surface area contributed by atoms with Crippen molar-refractivity contribution in [3.63, 3.8) is 0 Å². The first-order valence-corrected chi connectivity index (χ1v) is 5.42. The Labute approximate surface area is 88.5 Å². The summed E-state index contributed by atoms with van der Waals surface area (Å²) in [6.07, 6.45) is 3.52. The third-order valence-electron chi connectivity index (χ3n) is 2.47. The molecule has 0 saturated heterocycles. The van der Waals surface area contributed by atoms with E-state index in [1.807, 2.05) is 0 Å². The molecule has 0 saturated carbocycles. The quantitative estimate of drug-likeness (QED) is 0.647. The van der Waals surface area contributed by atoms with Gasteiger partial charge in [0.05, 0.1) is 0 Å². The number of benzene rings is 1. The van der Waals surface area contributed by atoms with E-state index in [0.717, 1.165) is 0 Å². The summed E-state index contributed by atoms with van der Waals surface area (Å²) >= 11 is 1.56. The minimum absolute atomic E-state index is 1.19. The third kappa shape index (κ3) is 1.35. The van der Waals surface area contributed by atoms with Crippen molar-refractivity contribution in [3.8, 4) is 0 Å². The van der Waals surface area contributed by atoms with Crippen LogP contribution in [0.1, 0.15) is 22.3 Å². The zero-order valence-corrected chi connectivity index (χ0v) is 9.90. The van der Waals surface area contributed by atoms with Crippen LogP contribution in [-0.4, -0.2) is 0 Å². The minimum atomic E-state index is 1.19. The fraction of sp³-hybridized carbons (Fsp3) is 0.273. The predicted molar refractivity (Wildman–Crippen MR) is 47.6 cm³/mol. The Balaban J connectivity index is 2.57. The molecule has 0 aliphatic heterocycles. The second-order valence-electron chi connectivity index (χ2n) is 3.48. The fourth-order valence-electron chi connectivity index (χ4n) is 1.63. The summed E-state index contributed by atoms with van der Waals surface area (Å²) in [6.45, 7) is 4.38. The van der Waals surface area contributed by atoms with E-state index >= 15 is 0 Å². The van der Waals surface area contributed by atoms with E-state index in [4.69, 9.17) is 0 Å². The molecule has 0 nitrogen and oxygen atoms in total. The number of hydrogen-bond acceptors (Lipinski definition) is 0. The van der Waals surface area contributed by atoms with E-state index in [1.165, 1.54) is 28.7 Å². The van der Waals surface area contributed by atoms with Crippen molar-refractivity contribution in [3.05, 3.63) is 37.7 Å². The van der Waals surface area contributed by atoms with Crippen molar-refractivity contribution < 1.29 is 24.7 Å². The van der Waals surface area contributed by atoms with Gasteiger partial charge in [-0.1, -0.05) is 0 Å². The maximum absolute atomic E-state index is 2.33. The molecule has 0 fully saturated rings. The Morgan fingerprint density at radius 2 is 1.83 bits per heavy atom. The van der Waals surface area contributed by atoms with E-state index in [2.05, 4.69) is 32.1 Å². The van der Waals surface area contributed by atoms with Gasteiger partial charge in [-0.25, -0.2) is 0 Å². The molecule has 0 spiro atoms. The van der Waals surface area contributed by atoms with Crippen LogP contribution in [0.5, 0.6) is 0 Å². The molecule has 0 radical (unpaired) electrons. The van der Waals surface area contributed by atoms with Gasteiger partial charge < -0.3 is 0 Å². The summed E-state index contributed by atoms with van der Waals surface area (Å²) in [4.78, 5) is 0. The molecule has 1 aliphatic carbocycles. The Kier molecular flexibility index (Phi) is 2.08. The van der Waals surface area contributed by atoms with Gasteiger partial charge in [0.1, 0.15) is 0 Å². The van der Waals surface area contributed by atoms with Gasteiger partial charge in [-0.05, 0) is 0 Å². The Hall–Kier alpha value is -0.157. The SMILES string of the molecule is Cc1cc2c(cc1C)C[C]([Zr])=C2. The number of fused-ring (bicyclic) bond motifs is 1. The van der Waals surface area contributed by atoms with Crippen molar-refractivity contribution in [2.75, 3.05) is 0 Å². The van der Waals surface area contributed by atoms with E-state index in [1.54, 1.807) is 28.0 Å². The molecule has 1 aromatic carbocycles. The summed E-state index contributed by atoms with van der Waals surface area (Å²) in [5, 5.41) is 0. The van der Waals surface area contributed by atoms with Gasteiger partial charge in [0.2, 0.25) is 0 Å². The summed E-state index contributed by atoms with van der Waals surface area (Å²) in [7, 11) is 0. The van der Waals surface area contributed by atoms with E-state index in [9.17, 15) is 0 Å². The standard InChI is InChI=1S/C11H11.Zr/c1-8-6-10-4-3-5-11(10)7-9(8)2;/h4,6-7H,5H2,1-2H3;. The molecule has 0 atom stereocenters. The molecule has 0 N–H and O–H groups in total. The van der Waals surface area contributed by atoms with Crippen molar-refractivity contribution in [2.45, 2.75) is 20.3 Å². The molecule has 0 unspecified atom stereocenters. The number of allylic oxidation sites excluding steroid dienone is 1. The molecule has 1 heteroatoms. The maximum atomic E-state index is 2.33. The number of hydrogen-bond donors (Lipinski definition) is 0. The Morgan fingerprint density at radius 1 is 1.17 bits per heavy atom.